The first-order valence-electron chi connectivity index (χ1n) is 7.57. The monoisotopic (exact) mass is 312 g/mol. The van der Waals surface area contributed by atoms with Gasteiger partial charge in [0.15, 0.2) is 0 Å². The SMILES string of the molecule is CCc1cc(N2C(=O)NC(Cc3ccccc3)C2=O)ccc1F. The van der Waals surface area contributed by atoms with Gasteiger partial charge in [-0.2, -0.15) is 0 Å². The van der Waals surface area contributed by atoms with Gasteiger partial charge in [-0.25, -0.2) is 14.1 Å². The molecule has 3 rings (SSSR count). The maximum absolute atomic E-state index is 13.6. The normalized spacial score (nSPS) is 17.5. The molecule has 1 saturated heterocycles. The van der Waals surface area contributed by atoms with Crippen LogP contribution in [0.3, 0.4) is 0 Å². The largest absolute Gasteiger partial charge is 0.329 e. The Morgan fingerprint density at radius 2 is 1.87 bits per heavy atom. The summed E-state index contributed by atoms with van der Waals surface area (Å²) >= 11 is 0. The molecule has 1 unspecified atom stereocenters. The molecular formula is C18H17FN2O2. The number of carbonyl (C=O) groups excluding carboxylic acids is 2. The van der Waals surface area contributed by atoms with Crippen LogP contribution in [0.5, 0.6) is 0 Å². The molecule has 118 valence electrons. The molecule has 0 saturated carbocycles. The smallest absolute Gasteiger partial charge is 0.325 e. The van der Waals surface area contributed by atoms with Gasteiger partial charge >= 0.3 is 6.03 Å². The molecule has 1 heterocycles. The molecule has 1 aliphatic heterocycles. The highest BCUT2D eigenvalue weighted by Crippen LogP contribution is 2.24. The Labute approximate surface area is 133 Å². The summed E-state index contributed by atoms with van der Waals surface area (Å²) in [7, 11) is 0. The molecule has 1 fully saturated rings. The van der Waals surface area contributed by atoms with Crippen molar-refractivity contribution in [3.05, 3.63) is 65.5 Å². The minimum Gasteiger partial charge on any atom is -0.325 e. The zero-order valence-corrected chi connectivity index (χ0v) is 12.8. The summed E-state index contributed by atoms with van der Waals surface area (Å²) in [6.45, 7) is 1.83. The molecular weight excluding hydrogens is 295 g/mol. The van der Waals surface area contributed by atoms with E-state index in [1.807, 2.05) is 37.3 Å². The molecule has 23 heavy (non-hydrogen) atoms. The van der Waals surface area contributed by atoms with E-state index in [-0.39, 0.29) is 11.7 Å². The fourth-order valence-electron chi connectivity index (χ4n) is 2.74. The average Bonchev–Trinajstić information content (AvgIpc) is 2.83. The van der Waals surface area contributed by atoms with Crippen LogP contribution in [0.15, 0.2) is 48.5 Å². The Kier molecular flexibility index (Phi) is 4.10. The first-order chi connectivity index (χ1) is 11.1. The molecule has 1 aliphatic rings. The Balaban J connectivity index is 1.84. The standard InChI is InChI=1S/C18H17FN2O2/c1-2-13-11-14(8-9-15(13)19)21-17(22)16(20-18(21)23)10-12-6-4-3-5-7-12/h3-9,11,16H,2,10H2,1H3,(H,20,23). The van der Waals surface area contributed by atoms with Crippen molar-refractivity contribution in [1.82, 2.24) is 5.32 Å². The number of halogens is 1. The molecule has 4 nitrogen and oxygen atoms in total. The number of amides is 3. The molecule has 2 aromatic rings. The molecule has 5 heteroatoms. The highest BCUT2D eigenvalue weighted by Gasteiger charge is 2.39. The van der Waals surface area contributed by atoms with Gasteiger partial charge in [0.05, 0.1) is 5.69 Å². The quantitative estimate of drug-likeness (QED) is 0.882. The highest BCUT2D eigenvalue weighted by atomic mass is 19.1. The van der Waals surface area contributed by atoms with Gasteiger partial charge in [0, 0.05) is 6.42 Å². The van der Waals surface area contributed by atoms with Crippen LogP contribution >= 0.6 is 0 Å². The van der Waals surface area contributed by atoms with Gasteiger partial charge in [0.2, 0.25) is 0 Å². The van der Waals surface area contributed by atoms with E-state index in [1.54, 1.807) is 6.07 Å². The summed E-state index contributed by atoms with van der Waals surface area (Å²) < 4.78 is 13.6. The predicted molar refractivity (Wildman–Crippen MR) is 85.7 cm³/mol. The number of imide groups is 1. The number of hydrogen-bond acceptors (Lipinski definition) is 2. The van der Waals surface area contributed by atoms with Crippen LogP contribution in [0.25, 0.3) is 0 Å². The van der Waals surface area contributed by atoms with Gasteiger partial charge in [0.1, 0.15) is 11.9 Å². The molecule has 0 bridgehead atoms. The van der Waals surface area contributed by atoms with E-state index in [2.05, 4.69) is 5.32 Å². The average molecular weight is 312 g/mol. The van der Waals surface area contributed by atoms with Crippen molar-refractivity contribution in [2.45, 2.75) is 25.8 Å². The molecule has 0 spiro atoms. The van der Waals surface area contributed by atoms with Crippen LogP contribution < -0.4 is 10.2 Å². The van der Waals surface area contributed by atoms with Gasteiger partial charge in [-0.1, -0.05) is 37.3 Å². The van der Waals surface area contributed by atoms with E-state index < -0.39 is 12.1 Å². The first-order valence-corrected chi connectivity index (χ1v) is 7.57. The van der Waals surface area contributed by atoms with E-state index in [0.717, 1.165) is 10.5 Å². The molecule has 2 aromatic carbocycles. The van der Waals surface area contributed by atoms with Crippen molar-refractivity contribution in [1.29, 1.82) is 0 Å². The van der Waals surface area contributed by atoms with Crippen LogP contribution in [0, 0.1) is 5.82 Å². The van der Waals surface area contributed by atoms with E-state index in [0.29, 0.717) is 24.1 Å². The Hall–Kier alpha value is -2.69. The number of hydrogen-bond donors (Lipinski definition) is 1. The predicted octanol–water partition coefficient (Wildman–Crippen LogP) is 3.06. The van der Waals surface area contributed by atoms with Crippen LogP contribution in [0.1, 0.15) is 18.1 Å². The summed E-state index contributed by atoms with van der Waals surface area (Å²) in [5.74, 6) is -0.642. The van der Waals surface area contributed by atoms with Crippen molar-refractivity contribution in [2.24, 2.45) is 0 Å². The summed E-state index contributed by atoms with van der Waals surface area (Å²) in [5, 5.41) is 2.70. The van der Waals surface area contributed by atoms with Gasteiger partial charge < -0.3 is 5.32 Å². The molecule has 1 N–H and O–H groups in total. The summed E-state index contributed by atoms with van der Waals surface area (Å²) in [5.41, 5.74) is 1.86. The van der Waals surface area contributed by atoms with E-state index in [1.165, 1.54) is 12.1 Å². The number of nitrogens with one attached hydrogen (secondary N) is 1. The number of aryl methyl sites for hydroxylation is 1. The number of nitrogens with zero attached hydrogens (tertiary/aromatic N) is 1. The Bertz CT molecular complexity index is 746. The van der Waals surface area contributed by atoms with Crippen molar-refractivity contribution < 1.29 is 14.0 Å². The second-order valence-corrected chi connectivity index (χ2v) is 5.49. The van der Waals surface area contributed by atoms with Crippen molar-refractivity contribution >= 4 is 17.6 Å². The van der Waals surface area contributed by atoms with Crippen LogP contribution in [0.2, 0.25) is 0 Å². The minimum atomic E-state index is -0.597. The lowest BCUT2D eigenvalue weighted by atomic mass is 10.1. The summed E-state index contributed by atoms with van der Waals surface area (Å²) in [4.78, 5) is 25.8. The van der Waals surface area contributed by atoms with E-state index in [4.69, 9.17) is 0 Å². The maximum atomic E-state index is 13.6. The van der Waals surface area contributed by atoms with Crippen molar-refractivity contribution in [3.63, 3.8) is 0 Å². The minimum absolute atomic E-state index is 0.312. The lowest BCUT2D eigenvalue weighted by Gasteiger charge is -2.14. The number of carbonyl (C=O) groups is 2. The van der Waals surface area contributed by atoms with Crippen LogP contribution in [0.4, 0.5) is 14.9 Å². The molecule has 0 aromatic heterocycles. The third kappa shape index (κ3) is 2.95. The van der Waals surface area contributed by atoms with Crippen LogP contribution in [-0.4, -0.2) is 18.0 Å². The molecule has 3 amide bonds. The Morgan fingerprint density at radius 3 is 2.57 bits per heavy atom. The highest BCUT2D eigenvalue weighted by molar-refractivity contribution is 6.21. The molecule has 0 aliphatic carbocycles. The fraction of sp³-hybridized carbons (Fsp3) is 0.222. The summed E-state index contributed by atoms with van der Waals surface area (Å²) in [6.07, 6.45) is 0.931. The number of urea groups is 1. The number of anilines is 1. The Morgan fingerprint density at radius 1 is 1.13 bits per heavy atom. The number of benzene rings is 2. The van der Waals surface area contributed by atoms with Gasteiger partial charge in [-0.3, -0.25) is 4.79 Å². The second-order valence-electron chi connectivity index (χ2n) is 5.49. The number of rotatable bonds is 4. The van der Waals surface area contributed by atoms with Gasteiger partial charge in [-0.05, 0) is 35.7 Å². The zero-order valence-electron chi connectivity index (χ0n) is 12.8. The summed E-state index contributed by atoms with van der Waals surface area (Å²) in [6, 6.07) is 12.7. The lowest BCUT2D eigenvalue weighted by molar-refractivity contribution is -0.118. The third-order valence-electron chi connectivity index (χ3n) is 3.97. The van der Waals surface area contributed by atoms with E-state index >= 15 is 0 Å². The van der Waals surface area contributed by atoms with Crippen LogP contribution in [-0.2, 0) is 17.6 Å². The van der Waals surface area contributed by atoms with Crippen molar-refractivity contribution in [3.8, 4) is 0 Å². The first kappa shape index (κ1) is 15.2. The van der Waals surface area contributed by atoms with Crippen molar-refractivity contribution in [2.75, 3.05) is 4.90 Å². The fourth-order valence-corrected chi connectivity index (χ4v) is 2.74. The lowest BCUT2D eigenvalue weighted by Crippen LogP contribution is -2.32. The van der Waals surface area contributed by atoms with Gasteiger partial charge in [0.25, 0.3) is 5.91 Å². The maximum Gasteiger partial charge on any atom is 0.329 e. The molecule has 1 atom stereocenters. The van der Waals surface area contributed by atoms with E-state index in [9.17, 15) is 14.0 Å². The third-order valence-corrected chi connectivity index (χ3v) is 3.97. The zero-order chi connectivity index (χ0) is 16.4. The molecule has 0 radical (unpaired) electrons. The second kappa shape index (κ2) is 6.20. The topological polar surface area (TPSA) is 49.4 Å². The van der Waals surface area contributed by atoms with Gasteiger partial charge in [-0.15, -0.1) is 0 Å².